The molecule has 0 radical (unpaired) electrons. The first kappa shape index (κ1) is 17.5. The van der Waals surface area contributed by atoms with E-state index in [0.717, 1.165) is 64.4 Å². The van der Waals surface area contributed by atoms with Crippen LogP contribution in [-0.2, 0) is 0 Å². The van der Waals surface area contributed by atoms with Crippen LogP contribution in [0.2, 0.25) is 0 Å². The molecule has 2 aliphatic heterocycles. The van der Waals surface area contributed by atoms with Crippen LogP contribution in [0.15, 0.2) is 24.3 Å². The quantitative estimate of drug-likeness (QED) is 0.827. The van der Waals surface area contributed by atoms with Crippen LogP contribution >= 0.6 is 0 Å². The molecule has 0 saturated carbocycles. The summed E-state index contributed by atoms with van der Waals surface area (Å²) in [4.78, 5) is 4.81. The number of piperidine rings is 1. The molecular weight excluding hydrogens is 302 g/mol. The molecule has 1 atom stereocenters. The van der Waals surface area contributed by atoms with E-state index in [1.807, 2.05) is 19.1 Å². The summed E-state index contributed by atoms with van der Waals surface area (Å²) in [7, 11) is 0. The highest BCUT2D eigenvalue weighted by molar-refractivity contribution is 5.58. The lowest BCUT2D eigenvalue weighted by atomic mass is 9.92. The molecular formula is C19H31N3O2. The highest BCUT2D eigenvalue weighted by Gasteiger charge is 2.26. The first-order valence-corrected chi connectivity index (χ1v) is 9.36. The Morgan fingerprint density at radius 2 is 1.88 bits per heavy atom. The van der Waals surface area contributed by atoms with Crippen LogP contribution in [0.5, 0.6) is 5.75 Å². The first-order valence-electron chi connectivity index (χ1n) is 9.36. The molecule has 0 aromatic heterocycles. The number of anilines is 1. The van der Waals surface area contributed by atoms with Gasteiger partial charge < -0.3 is 20.1 Å². The van der Waals surface area contributed by atoms with Gasteiger partial charge in [-0.3, -0.25) is 4.90 Å². The molecule has 2 fully saturated rings. The third-order valence-electron chi connectivity index (χ3n) is 5.25. The van der Waals surface area contributed by atoms with E-state index in [0.29, 0.717) is 12.5 Å². The van der Waals surface area contributed by atoms with E-state index in [-0.39, 0.29) is 6.10 Å². The van der Waals surface area contributed by atoms with Gasteiger partial charge in [0.1, 0.15) is 5.75 Å². The zero-order chi connectivity index (χ0) is 16.8. The van der Waals surface area contributed by atoms with Crippen LogP contribution in [0, 0.1) is 5.92 Å². The zero-order valence-corrected chi connectivity index (χ0v) is 14.8. The molecule has 134 valence electrons. The largest absolute Gasteiger partial charge is 0.492 e. The fourth-order valence-electron chi connectivity index (χ4n) is 3.81. The molecule has 0 amide bonds. The number of nitrogens with zero attached hydrogens (tertiary/aromatic N) is 2. The predicted octanol–water partition coefficient (Wildman–Crippen LogP) is 1.57. The van der Waals surface area contributed by atoms with E-state index in [1.54, 1.807) is 0 Å². The lowest BCUT2D eigenvalue weighted by Crippen LogP contribution is -2.50. The molecule has 2 aliphatic rings. The van der Waals surface area contributed by atoms with Crippen LogP contribution < -0.4 is 15.0 Å². The number of nitrogens with one attached hydrogen (secondary N) is 1. The number of ether oxygens (including phenoxy) is 1. The van der Waals surface area contributed by atoms with Crippen LogP contribution in [0.3, 0.4) is 0 Å². The van der Waals surface area contributed by atoms with Crippen molar-refractivity contribution in [2.24, 2.45) is 5.92 Å². The Labute approximate surface area is 145 Å². The van der Waals surface area contributed by atoms with Crippen molar-refractivity contribution in [3.63, 3.8) is 0 Å². The van der Waals surface area contributed by atoms with Crippen molar-refractivity contribution in [2.75, 3.05) is 57.3 Å². The van der Waals surface area contributed by atoms with Gasteiger partial charge in [-0.25, -0.2) is 0 Å². The van der Waals surface area contributed by atoms with Crippen LogP contribution in [0.4, 0.5) is 5.69 Å². The van der Waals surface area contributed by atoms with Gasteiger partial charge in [-0.2, -0.15) is 0 Å². The SMILES string of the molecule is CCOc1ccccc1N1CCN(CC(O)C2CCNCC2)CC1. The Balaban J connectivity index is 1.50. The highest BCUT2D eigenvalue weighted by Crippen LogP contribution is 2.29. The molecule has 1 unspecified atom stereocenters. The molecule has 0 bridgehead atoms. The second-order valence-electron chi connectivity index (χ2n) is 6.84. The van der Waals surface area contributed by atoms with Crippen molar-refractivity contribution in [3.8, 4) is 5.75 Å². The Hall–Kier alpha value is -1.30. The Bertz CT molecular complexity index is 497. The van der Waals surface area contributed by atoms with Gasteiger partial charge in [-0.1, -0.05) is 12.1 Å². The summed E-state index contributed by atoms with van der Waals surface area (Å²) in [5, 5.41) is 13.9. The van der Waals surface area contributed by atoms with E-state index >= 15 is 0 Å². The molecule has 3 rings (SSSR count). The molecule has 2 heterocycles. The minimum absolute atomic E-state index is 0.186. The van der Waals surface area contributed by atoms with Gasteiger partial charge in [0.05, 0.1) is 18.4 Å². The van der Waals surface area contributed by atoms with Crippen molar-refractivity contribution >= 4 is 5.69 Å². The lowest BCUT2D eigenvalue weighted by Gasteiger charge is -2.38. The normalized spacial score (nSPS) is 21.7. The summed E-state index contributed by atoms with van der Waals surface area (Å²) in [6.45, 7) is 9.60. The molecule has 1 aromatic rings. The molecule has 5 heteroatoms. The second-order valence-corrected chi connectivity index (χ2v) is 6.84. The number of aliphatic hydroxyl groups excluding tert-OH is 1. The fourth-order valence-corrected chi connectivity index (χ4v) is 3.81. The van der Waals surface area contributed by atoms with Crippen molar-refractivity contribution in [2.45, 2.75) is 25.9 Å². The van der Waals surface area contributed by atoms with Gasteiger partial charge in [-0.15, -0.1) is 0 Å². The van der Waals surface area contributed by atoms with E-state index in [9.17, 15) is 5.11 Å². The van der Waals surface area contributed by atoms with Gasteiger partial charge in [0.2, 0.25) is 0 Å². The molecule has 2 saturated heterocycles. The van der Waals surface area contributed by atoms with E-state index in [2.05, 4.69) is 27.2 Å². The first-order chi connectivity index (χ1) is 11.8. The number of benzene rings is 1. The smallest absolute Gasteiger partial charge is 0.142 e. The average molecular weight is 333 g/mol. The Kier molecular flexibility index (Phi) is 6.35. The summed E-state index contributed by atoms with van der Waals surface area (Å²) < 4.78 is 5.76. The second kappa shape index (κ2) is 8.70. The van der Waals surface area contributed by atoms with Gasteiger partial charge in [-0.05, 0) is 50.9 Å². The molecule has 24 heavy (non-hydrogen) atoms. The number of para-hydroxylation sites is 2. The fraction of sp³-hybridized carbons (Fsp3) is 0.684. The Morgan fingerprint density at radius 1 is 1.17 bits per heavy atom. The standard InChI is InChI=1S/C19H31N3O2/c1-2-24-19-6-4-3-5-17(19)22-13-11-21(12-14-22)15-18(23)16-7-9-20-10-8-16/h3-6,16,18,20,23H,2,7-15H2,1H3. The van der Waals surface area contributed by atoms with Gasteiger partial charge in [0, 0.05) is 32.7 Å². The summed E-state index contributed by atoms with van der Waals surface area (Å²) in [6.07, 6.45) is 2.01. The van der Waals surface area contributed by atoms with Crippen LogP contribution in [0.25, 0.3) is 0 Å². The van der Waals surface area contributed by atoms with Gasteiger partial charge >= 0.3 is 0 Å². The summed E-state index contributed by atoms with van der Waals surface area (Å²) in [5.74, 6) is 1.44. The van der Waals surface area contributed by atoms with Gasteiger partial charge in [0.15, 0.2) is 0 Å². The van der Waals surface area contributed by atoms with E-state index in [1.165, 1.54) is 5.69 Å². The molecule has 5 nitrogen and oxygen atoms in total. The summed E-state index contributed by atoms with van der Waals surface area (Å²) in [5.41, 5.74) is 1.19. The van der Waals surface area contributed by atoms with Crippen LogP contribution in [0.1, 0.15) is 19.8 Å². The number of piperazine rings is 1. The number of β-amino-alcohol motifs (C(OH)–C–C–N with tert-alkyl or cyclic N) is 1. The number of aliphatic hydroxyl groups is 1. The molecule has 0 spiro atoms. The summed E-state index contributed by atoms with van der Waals surface area (Å²) in [6, 6.07) is 8.29. The third kappa shape index (κ3) is 4.41. The maximum absolute atomic E-state index is 10.5. The summed E-state index contributed by atoms with van der Waals surface area (Å²) >= 11 is 0. The highest BCUT2D eigenvalue weighted by atomic mass is 16.5. The van der Waals surface area contributed by atoms with Crippen molar-refractivity contribution in [1.29, 1.82) is 0 Å². The monoisotopic (exact) mass is 333 g/mol. The topological polar surface area (TPSA) is 48.0 Å². The maximum atomic E-state index is 10.5. The third-order valence-corrected chi connectivity index (χ3v) is 5.25. The zero-order valence-electron chi connectivity index (χ0n) is 14.8. The van der Waals surface area contributed by atoms with Crippen molar-refractivity contribution in [1.82, 2.24) is 10.2 Å². The average Bonchev–Trinajstić information content (AvgIpc) is 2.64. The van der Waals surface area contributed by atoms with Crippen molar-refractivity contribution < 1.29 is 9.84 Å². The molecule has 2 N–H and O–H groups in total. The Morgan fingerprint density at radius 3 is 2.58 bits per heavy atom. The number of hydrogen-bond acceptors (Lipinski definition) is 5. The minimum Gasteiger partial charge on any atom is -0.492 e. The lowest BCUT2D eigenvalue weighted by molar-refractivity contribution is 0.0487. The van der Waals surface area contributed by atoms with E-state index in [4.69, 9.17) is 4.74 Å². The predicted molar refractivity (Wildman–Crippen MR) is 97.9 cm³/mol. The van der Waals surface area contributed by atoms with Crippen LogP contribution in [-0.4, -0.2) is 68.5 Å². The maximum Gasteiger partial charge on any atom is 0.142 e. The molecule has 0 aliphatic carbocycles. The van der Waals surface area contributed by atoms with E-state index < -0.39 is 0 Å². The molecule has 1 aromatic carbocycles. The number of hydrogen-bond donors (Lipinski definition) is 2. The van der Waals surface area contributed by atoms with Crippen molar-refractivity contribution in [3.05, 3.63) is 24.3 Å². The number of rotatable bonds is 6. The minimum atomic E-state index is -0.186. The van der Waals surface area contributed by atoms with Gasteiger partial charge in [0.25, 0.3) is 0 Å².